The van der Waals surface area contributed by atoms with Crippen LogP contribution in [0.4, 0.5) is 14.6 Å². The van der Waals surface area contributed by atoms with Gasteiger partial charge in [-0.2, -0.15) is 0 Å². The number of likely N-dealkylation sites (N-methyl/N-ethyl adjacent to an activating group) is 1. The van der Waals surface area contributed by atoms with Crippen LogP contribution in [0, 0.1) is 13.8 Å². The van der Waals surface area contributed by atoms with E-state index in [0.29, 0.717) is 41.4 Å². The molecule has 0 aliphatic carbocycles. The SMILES string of the molecule is CCN1CCC[C@H]1COc1cc2c(N[C@H](C)c3cccc(C(F)F)c3C)nc(C)nc2cc1OC. The van der Waals surface area contributed by atoms with E-state index < -0.39 is 6.43 Å². The lowest BCUT2D eigenvalue weighted by Crippen LogP contribution is -2.33. The first-order chi connectivity index (χ1) is 16.8. The van der Waals surface area contributed by atoms with Gasteiger partial charge in [0.05, 0.1) is 18.7 Å². The quantitative estimate of drug-likeness (QED) is 0.389. The molecule has 1 saturated heterocycles. The molecule has 1 N–H and O–H groups in total. The van der Waals surface area contributed by atoms with Crippen molar-refractivity contribution in [3.63, 3.8) is 0 Å². The molecule has 0 amide bonds. The molecule has 0 spiro atoms. The predicted molar refractivity (Wildman–Crippen MR) is 135 cm³/mol. The molecular formula is C27H34F2N4O2. The first-order valence-corrected chi connectivity index (χ1v) is 12.2. The Labute approximate surface area is 205 Å². The Morgan fingerprint density at radius 2 is 1.91 bits per heavy atom. The number of nitrogens with zero attached hydrogens (tertiary/aromatic N) is 3. The number of anilines is 1. The number of likely N-dealkylation sites (tertiary alicyclic amines) is 1. The summed E-state index contributed by atoms with van der Waals surface area (Å²) in [7, 11) is 1.62. The Kier molecular flexibility index (Phi) is 7.69. The number of fused-ring (bicyclic) bond motifs is 1. The lowest BCUT2D eigenvalue weighted by molar-refractivity contribution is 0.150. The topological polar surface area (TPSA) is 59.5 Å². The standard InChI is InChI=1S/C27H34F2N4O2/c1-6-33-12-8-9-19(33)15-35-25-13-22-23(14-24(25)34-5)31-18(4)32-27(22)30-17(3)20-10-7-11-21(16(20)2)26(28)29/h7,10-11,13-14,17,19,26H,6,8-9,12,15H2,1-5H3,(H,30,31,32)/t17-,19+/m1/s1. The van der Waals surface area contributed by atoms with Crippen molar-refractivity contribution >= 4 is 16.7 Å². The zero-order chi connectivity index (χ0) is 25.1. The Morgan fingerprint density at radius 1 is 1.14 bits per heavy atom. The number of benzene rings is 2. The van der Waals surface area contributed by atoms with Crippen LogP contribution in [0.1, 0.15) is 61.7 Å². The van der Waals surface area contributed by atoms with Gasteiger partial charge in [0.1, 0.15) is 18.2 Å². The molecule has 0 saturated carbocycles. The van der Waals surface area contributed by atoms with E-state index in [-0.39, 0.29) is 11.6 Å². The first-order valence-electron chi connectivity index (χ1n) is 12.2. The number of rotatable bonds is 9. The summed E-state index contributed by atoms with van der Waals surface area (Å²) in [6, 6.07) is 8.94. The predicted octanol–water partition coefficient (Wildman–Crippen LogP) is 6.23. The molecule has 188 valence electrons. The van der Waals surface area contributed by atoms with E-state index in [9.17, 15) is 8.78 Å². The second-order valence-corrected chi connectivity index (χ2v) is 9.10. The number of aromatic nitrogens is 2. The van der Waals surface area contributed by atoms with Crippen LogP contribution >= 0.6 is 0 Å². The maximum Gasteiger partial charge on any atom is 0.264 e. The van der Waals surface area contributed by atoms with Crippen molar-refractivity contribution < 1.29 is 18.3 Å². The molecule has 8 heteroatoms. The lowest BCUT2D eigenvalue weighted by atomic mass is 9.97. The maximum absolute atomic E-state index is 13.4. The molecule has 1 fully saturated rings. The molecule has 2 atom stereocenters. The van der Waals surface area contributed by atoms with Gasteiger partial charge in [-0.05, 0) is 63.9 Å². The van der Waals surface area contributed by atoms with Crippen LogP contribution in [0.3, 0.4) is 0 Å². The van der Waals surface area contributed by atoms with E-state index in [1.807, 2.05) is 32.0 Å². The summed E-state index contributed by atoms with van der Waals surface area (Å²) in [5.41, 5.74) is 2.16. The average molecular weight is 485 g/mol. The molecule has 1 aromatic heterocycles. The zero-order valence-electron chi connectivity index (χ0n) is 21.1. The van der Waals surface area contributed by atoms with Crippen LogP contribution in [0.5, 0.6) is 11.5 Å². The summed E-state index contributed by atoms with van der Waals surface area (Å²) in [5, 5.41) is 4.22. The van der Waals surface area contributed by atoms with E-state index in [1.54, 1.807) is 20.1 Å². The number of alkyl halides is 2. The number of aryl methyl sites for hydroxylation is 1. The summed E-state index contributed by atoms with van der Waals surface area (Å²) in [6.07, 6.45) is -0.213. The summed E-state index contributed by atoms with van der Waals surface area (Å²) in [5.74, 6) is 2.49. The van der Waals surface area contributed by atoms with E-state index in [1.165, 1.54) is 12.5 Å². The summed E-state index contributed by atoms with van der Waals surface area (Å²) in [4.78, 5) is 11.7. The van der Waals surface area contributed by atoms with Crippen molar-refractivity contribution in [1.82, 2.24) is 14.9 Å². The molecule has 6 nitrogen and oxygen atoms in total. The highest BCUT2D eigenvalue weighted by Crippen LogP contribution is 2.36. The highest BCUT2D eigenvalue weighted by Gasteiger charge is 2.24. The maximum atomic E-state index is 13.4. The molecule has 35 heavy (non-hydrogen) atoms. The minimum atomic E-state index is -2.51. The van der Waals surface area contributed by atoms with Crippen LogP contribution in [0.15, 0.2) is 30.3 Å². The molecule has 0 unspecified atom stereocenters. The smallest absolute Gasteiger partial charge is 0.264 e. The van der Waals surface area contributed by atoms with E-state index in [0.717, 1.165) is 36.0 Å². The molecule has 2 aromatic carbocycles. The number of halogens is 2. The van der Waals surface area contributed by atoms with Crippen LogP contribution in [0.2, 0.25) is 0 Å². The highest BCUT2D eigenvalue weighted by atomic mass is 19.3. The molecule has 0 radical (unpaired) electrons. The van der Waals surface area contributed by atoms with Gasteiger partial charge in [-0.25, -0.2) is 18.7 Å². The Hall–Kier alpha value is -3.00. The van der Waals surface area contributed by atoms with Gasteiger partial charge in [0.15, 0.2) is 11.5 Å². The Morgan fingerprint density at radius 3 is 2.63 bits per heavy atom. The van der Waals surface area contributed by atoms with E-state index >= 15 is 0 Å². The molecule has 0 bridgehead atoms. The molecule has 1 aliphatic rings. The molecule has 1 aliphatic heterocycles. The largest absolute Gasteiger partial charge is 0.493 e. The number of ether oxygens (including phenoxy) is 2. The van der Waals surface area contributed by atoms with Gasteiger partial charge < -0.3 is 14.8 Å². The molecule has 2 heterocycles. The van der Waals surface area contributed by atoms with Crippen molar-refractivity contribution in [3.05, 3.63) is 52.8 Å². The normalized spacial score (nSPS) is 17.2. The third-order valence-corrected chi connectivity index (χ3v) is 6.90. The van der Waals surface area contributed by atoms with Crippen molar-refractivity contribution in [2.75, 3.05) is 32.1 Å². The van der Waals surface area contributed by atoms with Gasteiger partial charge in [0.25, 0.3) is 6.43 Å². The number of hydrogen-bond acceptors (Lipinski definition) is 6. The van der Waals surface area contributed by atoms with Gasteiger partial charge >= 0.3 is 0 Å². The summed E-state index contributed by atoms with van der Waals surface area (Å²) < 4.78 is 38.7. The van der Waals surface area contributed by atoms with Gasteiger partial charge in [-0.3, -0.25) is 4.90 Å². The number of nitrogens with one attached hydrogen (secondary N) is 1. The first kappa shape index (κ1) is 25.1. The number of hydrogen-bond donors (Lipinski definition) is 1. The third-order valence-electron chi connectivity index (χ3n) is 6.90. The summed E-state index contributed by atoms with van der Waals surface area (Å²) in [6.45, 7) is 10.4. The van der Waals surface area contributed by atoms with Gasteiger partial charge in [-0.15, -0.1) is 0 Å². The molecule has 4 rings (SSSR count). The fourth-order valence-electron chi connectivity index (χ4n) is 4.98. The van der Waals surface area contributed by atoms with Crippen molar-refractivity contribution in [1.29, 1.82) is 0 Å². The lowest BCUT2D eigenvalue weighted by Gasteiger charge is -2.24. The highest BCUT2D eigenvalue weighted by molar-refractivity contribution is 5.92. The molecular weight excluding hydrogens is 450 g/mol. The zero-order valence-corrected chi connectivity index (χ0v) is 21.1. The van der Waals surface area contributed by atoms with Gasteiger partial charge in [0.2, 0.25) is 0 Å². The fourth-order valence-corrected chi connectivity index (χ4v) is 4.98. The van der Waals surface area contributed by atoms with Crippen molar-refractivity contribution in [2.45, 2.75) is 59.0 Å². The second kappa shape index (κ2) is 10.7. The number of methoxy groups -OCH3 is 1. The Bertz CT molecular complexity index is 1190. The molecule has 3 aromatic rings. The third kappa shape index (κ3) is 5.32. The van der Waals surface area contributed by atoms with Crippen LogP contribution < -0.4 is 14.8 Å². The monoisotopic (exact) mass is 484 g/mol. The van der Waals surface area contributed by atoms with Gasteiger partial charge in [0, 0.05) is 23.1 Å². The Balaban J connectivity index is 1.66. The summed E-state index contributed by atoms with van der Waals surface area (Å²) >= 11 is 0. The van der Waals surface area contributed by atoms with Crippen molar-refractivity contribution in [3.8, 4) is 11.5 Å². The van der Waals surface area contributed by atoms with Gasteiger partial charge in [-0.1, -0.05) is 25.1 Å². The fraction of sp³-hybridized carbons (Fsp3) is 0.481. The van der Waals surface area contributed by atoms with E-state index in [2.05, 4.69) is 27.1 Å². The second-order valence-electron chi connectivity index (χ2n) is 9.10. The average Bonchev–Trinajstić information content (AvgIpc) is 3.29. The van der Waals surface area contributed by atoms with Crippen LogP contribution in [0.25, 0.3) is 10.9 Å². The van der Waals surface area contributed by atoms with E-state index in [4.69, 9.17) is 9.47 Å². The van der Waals surface area contributed by atoms with Crippen molar-refractivity contribution in [2.24, 2.45) is 0 Å². The van der Waals surface area contributed by atoms with Crippen LogP contribution in [-0.2, 0) is 0 Å². The minimum absolute atomic E-state index is 0.0494. The minimum Gasteiger partial charge on any atom is -0.493 e. The van der Waals surface area contributed by atoms with Crippen LogP contribution in [-0.4, -0.2) is 47.7 Å².